The second kappa shape index (κ2) is 5.80. The molecule has 1 aliphatic rings. The fourth-order valence-electron chi connectivity index (χ4n) is 2.10. The first-order valence-corrected chi connectivity index (χ1v) is 6.62. The molecule has 2 aromatic rings. The van der Waals surface area contributed by atoms with Crippen molar-refractivity contribution in [3.05, 3.63) is 63.7 Å². The Bertz CT molecular complexity index is 827. The molecule has 1 heterocycles. The molecule has 23 heavy (non-hydrogen) atoms. The van der Waals surface area contributed by atoms with Crippen LogP contribution in [0.3, 0.4) is 0 Å². The highest BCUT2D eigenvalue weighted by molar-refractivity contribution is 6.07. The molecule has 2 aromatic carbocycles. The van der Waals surface area contributed by atoms with Crippen molar-refractivity contribution in [1.29, 1.82) is 0 Å². The Hall–Kier alpha value is -3.35. The maximum absolute atomic E-state index is 12.1. The van der Waals surface area contributed by atoms with Crippen molar-refractivity contribution in [2.24, 2.45) is 0 Å². The molecule has 0 fully saturated rings. The third-order valence-electron chi connectivity index (χ3n) is 3.26. The van der Waals surface area contributed by atoms with Crippen LogP contribution in [0.5, 0.6) is 17.2 Å². The summed E-state index contributed by atoms with van der Waals surface area (Å²) in [6.07, 6.45) is 2.69. The number of rotatable bonds is 4. The monoisotopic (exact) mass is 312 g/mol. The van der Waals surface area contributed by atoms with Gasteiger partial charge in [-0.05, 0) is 35.6 Å². The van der Waals surface area contributed by atoms with Crippen molar-refractivity contribution >= 4 is 17.5 Å². The van der Waals surface area contributed by atoms with Gasteiger partial charge >= 0.3 is 0 Å². The largest absolute Gasteiger partial charge is 0.868 e. The zero-order valence-electron chi connectivity index (χ0n) is 11.7. The van der Waals surface area contributed by atoms with Crippen LogP contribution in [-0.2, 0) is 0 Å². The summed E-state index contributed by atoms with van der Waals surface area (Å²) in [6, 6.07) is 8.45. The molecule has 1 aliphatic heterocycles. The van der Waals surface area contributed by atoms with Gasteiger partial charge in [-0.15, -0.1) is 0 Å². The fraction of sp³-hybridized carbons (Fsp3) is 0.0625. The van der Waals surface area contributed by atoms with Gasteiger partial charge in [0.05, 0.1) is 4.92 Å². The summed E-state index contributed by atoms with van der Waals surface area (Å²) in [5.41, 5.74) is 0.272. The van der Waals surface area contributed by atoms with Crippen molar-refractivity contribution < 1.29 is 24.3 Å². The predicted octanol–water partition coefficient (Wildman–Crippen LogP) is 2.29. The number of nitro groups is 1. The van der Waals surface area contributed by atoms with Crippen LogP contribution >= 0.6 is 0 Å². The SMILES string of the molecule is O=C(/C=C/c1ccc([O-])c([N+](=O)[O-])c1)c1ccc2c(c1)OCO2. The van der Waals surface area contributed by atoms with Gasteiger partial charge in [0.1, 0.15) is 0 Å². The number of ketones is 1. The molecule has 0 aromatic heterocycles. The lowest BCUT2D eigenvalue weighted by Gasteiger charge is -2.06. The average Bonchev–Trinajstić information content (AvgIpc) is 3.01. The van der Waals surface area contributed by atoms with Crippen LogP contribution in [0.1, 0.15) is 15.9 Å². The summed E-state index contributed by atoms with van der Waals surface area (Å²) in [5.74, 6) is 0.106. The average molecular weight is 312 g/mol. The number of ether oxygens (including phenoxy) is 2. The molecule has 0 radical (unpaired) electrons. The first kappa shape index (κ1) is 14.6. The van der Waals surface area contributed by atoms with E-state index in [1.54, 1.807) is 18.2 Å². The lowest BCUT2D eigenvalue weighted by atomic mass is 10.1. The molecular weight excluding hydrogens is 302 g/mol. The second-order valence-corrected chi connectivity index (χ2v) is 4.75. The normalized spacial score (nSPS) is 12.5. The van der Waals surface area contributed by atoms with Crippen LogP contribution in [0, 0.1) is 10.1 Å². The van der Waals surface area contributed by atoms with Gasteiger partial charge in [0.2, 0.25) is 6.79 Å². The zero-order valence-corrected chi connectivity index (χ0v) is 11.7. The molecule has 3 rings (SSSR count). The van der Waals surface area contributed by atoms with Crippen molar-refractivity contribution in [2.45, 2.75) is 0 Å². The number of nitro benzene ring substituents is 1. The number of carbonyl (C=O) groups is 1. The summed E-state index contributed by atoms with van der Waals surface area (Å²) < 4.78 is 10.4. The van der Waals surface area contributed by atoms with Crippen LogP contribution in [0.2, 0.25) is 0 Å². The van der Waals surface area contributed by atoms with Gasteiger partial charge in [0.15, 0.2) is 17.3 Å². The number of nitrogens with zero attached hydrogens (tertiary/aromatic N) is 1. The van der Waals surface area contributed by atoms with Gasteiger partial charge < -0.3 is 14.6 Å². The molecule has 7 nitrogen and oxygen atoms in total. The summed E-state index contributed by atoms with van der Waals surface area (Å²) in [7, 11) is 0. The van der Waals surface area contributed by atoms with Crippen molar-refractivity contribution in [1.82, 2.24) is 0 Å². The minimum atomic E-state index is -0.751. The van der Waals surface area contributed by atoms with E-state index in [0.29, 0.717) is 22.6 Å². The molecular formula is C16H10NO6-. The fourth-order valence-corrected chi connectivity index (χ4v) is 2.10. The van der Waals surface area contributed by atoms with Crippen LogP contribution < -0.4 is 14.6 Å². The van der Waals surface area contributed by atoms with Gasteiger partial charge in [0, 0.05) is 11.6 Å². The van der Waals surface area contributed by atoms with Crippen LogP contribution in [-0.4, -0.2) is 17.5 Å². The van der Waals surface area contributed by atoms with E-state index in [4.69, 9.17) is 9.47 Å². The van der Waals surface area contributed by atoms with Gasteiger partial charge in [0.25, 0.3) is 5.69 Å². The van der Waals surface area contributed by atoms with Crippen LogP contribution in [0.15, 0.2) is 42.5 Å². The molecule has 0 N–H and O–H groups in total. The number of allylic oxidation sites excluding steroid dienone is 1. The van der Waals surface area contributed by atoms with E-state index in [0.717, 1.165) is 12.1 Å². The number of hydrogen-bond acceptors (Lipinski definition) is 6. The number of hydrogen-bond donors (Lipinski definition) is 0. The van der Waals surface area contributed by atoms with E-state index in [1.807, 2.05) is 0 Å². The molecule has 0 saturated carbocycles. The summed E-state index contributed by atoms with van der Waals surface area (Å²) in [6.45, 7) is 0.119. The van der Waals surface area contributed by atoms with Crippen molar-refractivity contribution in [3.63, 3.8) is 0 Å². The number of benzene rings is 2. The lowest BCUT2D eigenvalue weighted by Crippen LogP contribution is -1.98. The summed E-state index contributed by atoms with van der Waals surface area (Å²) in [4.78, 5) is 22.1. The minimum absolute atomic E-state index is 0.119. The van der Waals surface area contributed by atoms with Crippen molar-refractivity contribution in [2.75, 3.05) is 6.79 Å². The Balaban J connectivity index is 1.81. The highest BCUT2D eigenvalue weighted by atomic mass is 16.7. The van der Waals surface area contributed by atoms with Gasteiger partial charge in [-0.2, -0.15) is 0 Å². The van der Waals surface area contributed by atoms with Gasteiger partial charge in [-0.25, -0.2) is 0 Å². The van der Waals surface area contributed by atoms with E-state index < -0.39 is 16.4 Å². The highest BCUT2D eigenvalue weighted by Gasteiger charge is 2.15. The Kier molecular flexibility index (Phi) is 3.68. The Morgan fingerprint density at radius 3 is 2.70 bits per heavy atom. The Labute approximate surface area is 130 Å². The minimum Gasteiger partial charge on any atom is -0.868 e. The molecule has 0 atom stereocenters. The third-order valence-corrected chi connectivity index (χ3v) is 3.26. The molecule has 0 aliphatic carbocycles. The zero-order chi connectivity index (χ0) is 16.4. The number of carbonyl (C=O) groups excluding carboxylic acids is 1. The molecule has 116 valence electrons. The smallest absolute Gasteiger partial charge is 0.262 e. The second-order valence-electron chi connectivity index (χ2n) is 4.75. The maximum Gasteiger partial charge on any atom is 0.262 e. The van der Waals surface area contributed by atoms with Gasteiger partial charge in [-0.1, -0.05) is 18.2 Å². The third kappa shape index (κ3) is 2.98. The summed E-state index contributed by atoms with van der Waals surface area (Å²) >= 11 is 0. The highest BCUT2D eigenvalue weighted by Crippen LogP contribution is 2.32. The molecule has 0 amide bonds. The predicted molar refractivity (Wildman–Crippen MR) is 78.5 cm³/mol. The van der Waals surface area contributed by atoms with Crippen molar-refractivity contribution in [3.8, 4) is 17.2 Å². The van der Waals surface area contributed by atoms with Gasteiger partial charge in [-0.3, -0.25) is 14.9 Å². The molecule has 7 heteroatoms. The van der Waals surface area contributed by atoms with E-state index in [2.05, 4.69) is 0 Å². The molecule has 0 spiro atoms. The molecule has 0 bridgehead atoms. The Morgan fingerprint density at radius 2 is 1.91 bits per heavy atom. The first-order chi connectivity index (χ1) is 11.0. The lowest BCUT2D eigenvalue weighted by molar-refractivity contribution is -0.398. The standard InChI is InChI=1S/C16H11NO6/c18-13(11-3-6-15-16(8-11)23-9-22-15)4-1-10-2-5-14(19)12(7-10)17(20)21/h1-8,19H,9H2/p-1/b4-1+. The van der Waals surface area contributed by atoms with Crippen LogP contribution in [0.25, 0.3) is 6.08 Å². The first-order valence-electron chi connectivity index (χ1n) is 6.62. The van der Waals surface area contributed by atoms with E-state index in [9.17, 15) is 20.0 Å². The van der Waals surface area contributed by atoms with E-state index >= 15 is 0 Å². The van der Waals surface area contributed by atoms with E-state index in [1.165, 1.54) is 18.2 Å². The molecule has 0 saturated heterocycles. The van der Waals surface area contributed by atoms with Crippen LogP contribution in [0.4, 0.5) is 5.69 Å². The topological polar surface area (TPSA) is 102 Å². The Morgan fingerprint density at radius 1 is 1.13 bits per heavy atom. The summed E-state index contributed by atoms with van der Waals surface area (Å²) in [5, 5.41) is 22.1. The molecule has 0 unspecified atom stereocenters. The quantitative estimate of drug-likeness (QED) is 0.371. The maximum atomic E-state index is 12.1. The van der Waals surface area contributed by atoms with E-state index in [-0.39, 0.29) is 12.6 Å². The number of fused-ring (bicyclic) bond motifs is 1.